The Kier molecular flexibility index (Phi) is 5.36. The fraction of sp³-hybridized carbons (Fsp3) is 0.727. The van der Waals surface area contributed by atoms with Gasteiger partial charge < -0.3 is 9.84 Å². The molecule has 1 saturated heterocycles. The highest BCUT2D eigenvalue weighted by molar-refractivity contribution is 5.69. The van der Waals surface area contributed by atoms with Crippen LogP contribution in [0.5, 0.6) is 0 Å². The summed E-state index contributed by atoms with van der Waals surface area (Å²) in [6.07, 6.45) is 5.26. The number of ether oxygens (including phenoxy) is 1. The number of hydrogen-bond acceptors (Lipinski definition) is 3. The summed E-state index contributed by atoms with van der Waals surface area (Å²) in [6, 6.07) is 0. The summed E-state index contributed by atoms with van der Waals surface area (Å²) in [4.78, 5) is 12.5. The van der Waals surface area contributed by atoms with Gasteiger partial charge in [-0.05, 0) is 19.3 Å². The molecule has 4 heteroatoms. The highest BCUT2D eigenvalue weighted by atomic mass is 16.5. The summed E-state index contributed by atoms with van der Waals surface area (Å²) in [5.41, 5.74) is 0. The van der Waals surface area contributed by atoms with Crippen LogP contribution < -0.4 is 0 Å². The number of carboxylic acid groups (broad SMARTS) is 1. The van der Waals surface area contributed by atoms with E-state index in [0.717, 1.165) is 19.4 Å². The summed E-state index contributed by atoms with van der Waals surface area (Å²) in [5.74, 6) is -0.798. The van der Waals surface area contributed by atoms with Crippen molar-refractivity contribution in [1.82, 2.24) is 4.90 Å². The number of rotatable bonds is 6. The summed E-state index contributed by atoms with van der Waals surface area (Å²) >= 11 is 0. The first-order valence-electron chi connectivity index (χ1n) is 5.39. The molecule has 0 saturated carbocycles. The molecule has 0 spiro atoms. The van der Waals surface area contributed by atoms with Gasteiger partial charge in [0.2, 0.25) is 0 Å². The predicted molar refractivity (Wildman–Crippen MR) is 57.9 cm³/mol. The molecule has 1 atom stereocenters. The molecule has 1 N–H and O–H groups in total. The van der Waals surface area contributed by atoms with Gasteiger partial charge in [0.05, 0.1) is 12.6 Å². The lowest BCUT2D eigenvalue weighted by atomic mass is 10.1. The quantitative estimate of drug-likeness (QED) is 0.672. The maximum absolute atomic E-state index is 10.6. The van der Waals surface area contributed by atoms with E-state index in [9.17, 15) is 4.79 Å². The van der Waals surface area contributed by atoms with Gasteiger partial charge in [0.1, 0.15) is 0 Å². The van der Waals surface area contributed by atoms with Gasteiger partial charge in [-0.25, -0.2) is 0 Å². The number of aliphatic carboxylic acids is 1. The van der Waals surface area contributed by atoms with Crippen molar-refractivity contribution in [1.29, 1.82) is 0 Å². The Balaban J connectivity index is 2.34. The molecule has 86 valence electrons. The zero-order chi connectivity index (χ0) is 11.1. The Labute approximate surface area is 90.5 Å². The van der Waals surface area contributed by atoms with E-state index >= 15 is 0 Å². The van der Waals surface area contributed by atoms with Crippen LogP contribution in [0.1, 0.15) is 19.3 Å². The Morgan fingerprint density at radius 3 is 2.93 bits per heavy atom. The van der Waals surface area contributed by atoms with Gasteiger partial charge >= 0.3 is 5.97 Å². The highest BCUT2D eigenvalue weighted by Gasteiger charge is 2.18. The molecule has 0 aliphatic carbocycles. The molecule has 0 radical (unpaired) electrons. The topological polar surface area (TPSA) is 49.8 Å². The van der Waals surface area contributed by atoms with E-state index in [1.54, 1.807) is 6.08 Å². The normalized spacial score (nSPS) is 21.5. The Morgan fingerprint density at radius 1 is 1.60 bits per heavy atom. The van der Waals surface area contributed by atoms with Crippen LogP contribution >= 0.6 is 0 Å². The third-order valence-corrected chi connectivity index (χ3v) is 2.48. The minimum absolute atomic E-state index is 0.0614. The van der Waals surface area contributed by atoms with E-state index in [1.807, 2.05) is 4.90 Å². The van der Waals surface area contributed by atoms with Crippen LogP contribution in [0.4, 0.5) is 0 Å². The summed E-state index contributed by atoms with van der Waals surface area (Å²) < 4.78 is 5.57. The van der Waals surface area contributed by atoms with Gasteiger partial charge in [-0.3, -0.25) is 9.69 Å². The number of hydrogen-bond donors (Lipinski definition) is 1. The second-order valence-corrected chi connectivity index (χ2v) is 3.87. The van der Waals surface area contributed by atoms with E-state index < -0.39 is 5.97 Å². The zero-order valence-electron chi connectivity index (χ0n) is 9.02. The number of nitrogens with zero attached hydrogens (tertiary/aromatic N) is 1. The highest BCUT2D eigenvalue weighted by Crippen LogP contribution is 2.13. The SMILES string of the molecule is C=CCN(CC(=O)O)CC1CCCCO1. The largest absolute Gasteiger partial charge is 0.480 e. The lowest BCUT2D eigenvalue weighted by molar-refractivity contribution is -0.138. The maximum Gasteiger partial charge on any atom is 0.317 e. The fourth-order valence-electron chi connectivity index (χ4n) is 1.82. The van der Waals surface area contributed by atoms with Crippen LogP contribution in [0, 0.1) is 0 Å². The van der Waals surface area contributed by atoms with Crippen LogP contribution in [0.2, 0.25) is 0 Å². The third kappa shape index (κ3) is 4.95. The smallest absolute Gasteiger partial charge is 0.317 e. The van der Waals surface area contributed by atoms with Gasteiger partial charge in [-0.15, -0.1) is 6.58 Å². The molecular weight excluding hydrogens is 194 g/mol. The third-order valence-electron chi connectivity index (χ3n) is 2.48. The minimum Gasteiger partial charge on any atom is -0.480 e. The van der Waals surface area contributed by atoms with Crippen molar-refractivity contribution < 1.29 is 14.6 Å². The molecule has 1 unspecified atom stereocenters. The van der Waals surface area contributed by atoms with Gasteiger partial charge in [-0.2, -0.15) is 0 Å². The molecule has 1 rings (SSSR count). The van der Waals surface area contributed by atoms with E-state index in [2.05, 4.69) is 6.58 Å². The van der Waals surface area contributed by atoms with Crippen molar-refractivity contribution in [3.63, 3.8) is 0 Å². The molecule has 15 heavy (non-hydrogen) atoms. The molecular formula is C11H19NO3. The Hall–Kier alpha value is -0.870. The van der Waals surface area contributed by atoms with Crippen LogP contribution in [-0.4, -0.2) is 48.3 Å². The molecule has 0 aromatic heterocycles. The first-order chi connectivity index (χ1) is 7.22. The van der Waals surface area contributed by atoms with E-state index in [-0.39, 0.29) is 12.6 Å². The van der Waals surface area contributed by atoms with Crippen LogP contribution in [-0.2, 0) is 9.53 Å². The second-order valence-electron chi connectivity index (χ2n) is 3.87. The fourth-order valence-corrected chi connectivity index (χ4v) is 1.82. The summed E-state index contributed by atoms with van der Waals surface area (Å²) in [6.45, 7) is 5.79. The number of carbonyl (C=O) groups is 1. The average molecular weight is 213 g/mol. The molecule has 1 aliphatic heterocycles. The average Bonchev–Trinajstić information content (AvgIpc) is 2.18. The molecule has 0 aromatic rings. The maximum atomic E-state index is 10.6. The molecule has 0 amide bonds. The van der Waals surface area contributed by atoms with Crippen molar-refractivity contribution in [2.45, 2.75) is 25.4 Å². The molecule has 1 heterocycles. The Bertz CT molecular complexity index is 212. The lowest BCUT2D eigenvalue weighted by Gasteiger charge is -2.28. The molecule has 1 fully saturated rings. The van der Waals surface area contributed by atoms with Crippen molar-refractivity contribution in [2.24, 2.45) is 0 Å². The van der Waals surface area contributed by atoms with Gasteiger partial charge in [0.15, 0.2) is 0 Å². The molecule has 0 aromatic carbocycles. The van der Waals surface area contributed by atoms with E-state index in [4.69, 9.17) is 9.84 Å². The van der Waals surface area contributed by atoms with E-state index in [1.165, 1.54) is 6.42 Å². The van der Waals surface area contributed by atoms with E-state index in [0.29, 0.717) is 13.1 Å². The van der Waals surface area contributed by atoms with Gasteiger partial charge in [0, 0.05) is 19.7 Å². The molecule has 1 aliphatic rings. The standard InChI is InChI=1S/C11H19NO3/c1-2-6-12(9-11(13)14)8-10-5-3-4-7-15-10/h2,10H,1,3-9H2,(H,13,14). The zero-order valence-corrected chi connectivity index (χ0v) is 9.02. The van der Waals surface area contributed by atoms with Crippen molar-refractivity contribution in [2.75, 3.05) is 26.2 Å². The minimum atomic E-state index is -0.798. The van der Waals surface area contributed by atoms with Gasteiger partial charge in [0.25, 0.3) is 0 Å². The monoisotopic (exact) mass is 213 g/mol. The van der Waals surface area contributed by atoms with Crippen molar-refractivity contribution >= 4 is 5.97 Å². The molecule has 4 nitrogen and oxygen atoms in total. The first kappa shape index (κ1) is 12.2. The van der Waals surface area contributed by atoms with Gasteiger partial charge in [-0.1, -0.05) is 6.08 Å². The van der Waals surface area contributed by atoms with Crippen LogP contribution in [0.3, 0.4) is 0 Å². The second kappa shape index (κ2) is 6.58. The predicted octanol–water partition coefficient (Wildman–Crippen LogP) is 1.13. The first-order valence-corrected chi connectivity index (χ1v) is 5.39. The number of carboxylic acids is 1. The summed E-state index contributed by atoms with van der Waals surface area (Å²) in [5, 5.41) is 8.72. The molecule has 0 bridgehead atoms. The van der Waals surface area contributed by atoms with Crippen LogP contribution in [0.15, 0.2) is 12.7 Å². The van der Waals surface area contributed by atoms with Crippen molar-refractivity contribution in [3.8, 4) is 0 Å². The van der Waals surface area contributed by atoms with Crippen LogP contribution in [0.25, 0.3) is 0 Å². The summed E-state index contributed by atoms with van der Waals surface area (Å²) in [7, 11) is 0. The Morgan fingerprint density at radius 2 is 2.40 bits per heavy atom. The lowest BCUT2D eigenvalue weighted by Crippen LogP contribution is -2.38. The van der Waals surface area contributed by atoms with Crippen molar-refractivity contribution in [3.05, 3.63) is 12.7 Å².